The van der Waals surface area contributed by atoms with Gasteiger partial charge in [0.2, 0.25) is 0 Å². The van der Waals surface area contributed by atoms with Crippen LogP contribution in [0.1, 0.15) is 16.9 Å². The minimum absolute atomic E-state index is 0.145. The lowest BCUT2D eigenvalue weighted by molar-refractivity contribution is -0.131. The molecule has 4 nitrogen and oxygen atoms in total. The Morgan fingerprint density at radius 2 is 2.27 bits per heavy atom. The number of carbonyl (C=O) groups is 1. The number of alkyl halides is 3. The Morgan fingerprint density at radius 1 is 1.60 bits per heavy atom. The van der Waals surface area contributed by atoms with Crippen LogP contribution in [0.3, 0.4) is 0 Å². The van der Waals surface area contributed by atoms with Crippen molar-refractivity contribution in [3.63, 3.8) is 0 Å². The van der Waals surface area contributed by atoms with Crippen molar-refractivity contribution in [3.8, 4) is 0 Å². The van der Waals surface area contributed by atoms with Gasteiger partial charge in [-0.3, -0.25) is 0 Å². The fourth-order valence-electron chi connectivity index (χ4n) is 0.842. The van der Waals surface area contributed by atoms with E-state index in [1.165, 1.54) is 5.51 Å². The number of rotatable bonds is 4. The monoisotopic (exact) mass is 240 g/mol. The van der Waals surface area contributed by atoms with E-state index in [0.29, 0.717) is 0 Å². The van der Waals surface area contributed by atoms with E-state index in [9.17, 15) is 18.0 Å². The van der Waals surface area contributed by atoms with E-state index in [2.05, 4.69) is 10.3 Å². The maximum atomic E-state index is 11.8. The van der Waals surface area contributed by atoms with Gasteiger partial charge in [-0.25, -0.2) is 9.78 Å². The zero-order valence-electron chi connectivity index (χ0n) is 7.34. The van der Waals surface area contributed by atoms with E-state index in [1.54, 1.807) is 0 Å². The molecule has 0 amide bonds. The maximum Gasteiger partial charge on any atom is 0.390 e. The molecule has 1 aromatic heterocycles. The van der Waals surface area contributed by atoms with Crippen LogP contribution in [0.2, 0.25) is 0 Å². The third kappa shape index (κ3) is 3.74. The molecule has 0 aromatic carbocycles. The maximum absolute atomic E-state index is 11.8. The number of aromatic carboxylic acids is 1. The molecule has 0 spiro atoms. The molecule has 1 aromatic rings. The Morgan fingerprint density at radius 3 is 2.80 bits per heavy atom. The van der Waals surface area contributed by atoms with Crippen LogP contribution < -0.4 is 5.32 Å². The molecule has 0 bridgehead atoms. The first-order valence-electron chi connectivity index (χ1n) is 3.87. The van der Waals surface area contributed by atoms with Crippen LogP contribution >= 0.6 is 11.3 Å². The van der Waals surface area contributed by atoms with Gasteiger partial charge in [0.1, 0.15) is 5.00 Å². The van der Waals surface area contributed by atoms with Gasteiger partial charge < -0.3 is 10.4 Å². The molecule has 8 heteroatoms. The summed E-state index contributed by atoms with van der Waals surface area (Å²) in [5.74, 6) is -1.26. The number of anilines is 1. The van der Waals surface area contributed by atoms with Crippen molar-refractivity contribution in [2.45, 2.75) is 12.6 Å². The molecule has 0 aliphatic carbocycles. The van der Waals surface area contributed by atoms with E-state index in [-0.39, 0.29) is 17.2 Å². The van der Waals surface area contributed by atoms with E-state index in [4.69, 9.17) is 5.11 Å². The summed E-state index contributed by atoms with van der Waals surface area (Å²) in [5, 5.41) is 11.1. The van der Waals surface area contributed by atoms with E-state index in [0.717, 1.165) is 11.3 Å². The smallest absolute Gasteiger partial charge is 0.390 e. The SMILES string of the molecule is O=C(O)c1ncsc1NCCC(F)(F)F. The molecule has 0 aliphatic rings. The number of halogens is 3. The third-order valence-corrected chi connectivity index (χ3v) is 2.25. The van der Waals surface area contributed by atoms with Crippen molar-refractivity contribution in [2.24, 2.45) is 0 Å². The minimum atomic E-state index is -4.25. The highest BCUT2D eigenvalue weighted by Gasteiger charge is 2.26. The summed E-state index contributed by atoms with van der Waals surface area (Å²) in [6, 6.07) is 0. The molecule has 0 radical (unpaired) electrons. The summed E-state index contributed by atoms with van der Waals surface area (Å²) >= 11 is 0.958. The zero-order valence-corrected chi connectivity index (χ0v) is 8.15. The average Bonchev–Trinajstić information content (AvgIpc) is 2.49. The molecule has 0 aliphatic heterocycles. The Balaban J connectivity index is 2.51. The van der Waals surface area contributed by atoms with Gasteiger partial charge in [-0.1, -0.05) is 0 Å². The van der Waals surface area contributed by atoms with Gasteiger partial charge in [-0.05, 0) is 0 Å². The van der Waals surface area contributed by atoms with E-state index < -0.39 is 18.6 Å². The molecule has 0 unspecified atom stereocenters. The highest BCUT2D eigenvalue weighted by Crippen LogP contribution is 2.23. The molecule has 84 valence electrons. The Kier molecular flexibility index (Phi) is 3.51. The summed E-state index contributed by atoms with van der Waals surface area (Å²) in [6.45, 7) is -0.355. The lowest BCUT2D eigenvalue weighted by Crippen LogP contribution is -2.15. The number of thiazole rings is 1. The van der Waals surface area contributed by atoms with Crippen molar-refractivity contribution in [3.05, 3.63) is 11.2 Å². The van der Waals surface area contributed by atoms with Crippen LogP contribution in [0.5, 0.6) is 0 Å². The fourth-order valence-corrected chi connectivity index (χ4v) is 1.54. The van der Waals surface area contributed by atoms with Gasteiger partial charge in [-0.15, -0.1) is 11.3 Å². The molecule has 1 heterocycles. The summed E-state index contributed by atoms with van der Waals surface area (Å²) in [4.78, 5) is 14.0. The Hall–Kier alpha value is -1.31. The molecule has 0 fully saturated rings. The van der Waals surface area contributed by atoms with Gasteiger partial charge >= 0.3 is 12.1 Å². The lowest BCUT2D eigenvalue weighted by Gasteiger charge is -2.07. The van der Waals surface area contributed by atoms with Crippen LogP contribution in [0, 0.1) is 0 Å². The number of hydrogen-bond acceptors (Lipinski definition) is 4. The standard InChI is InChI=1S/C7H7F3N2O2S/c8-7(9,10)1-2-11-5-4(6(13)14)12-3-15-5/h3,11H,1-2H2,(H,13,14). The summed E-state index contributed by atoms with van der Waals surface area (Å²) in [6.07, 6.45) is -5.26. The lowest BCUT2D eigenvalue weighted by atomic mass is 10.4. The topological polar surface area (TPSA) is 62.2 Å². The molecule has 0 atom stereocenters. The van der Waals surface area contributed by atoms with Gasteiger partial charge in [0.05, 0.1) is 11.9 Å². The van der Waals surface area contributed by atoms with Crippen molar-refractivity contribution < 1.29 is 23.1 Å². The van der Waals surface area contributed by atoms with Crippen molar-refractivity contribution >= 4 is 22.3 Å². The summed E-state index contributed by atoms with van der Waals surface area (Å²) in [5.41, 5.74) is 1.02. The van der Waals surface area contributed by atoms with Crippen LogP contribution in [-0.2, 0) is 0 Å². The molecule has 0 saturated heterocycles. The molecule has 1 rings (SSSR count). The predicted octanol–water partition coefficient (Wildman–Crippen LogP) is 2.21. The van der Waals surface area contributed by atoms with Crippen molar-refractivity contribution in [1.29, 1.82) is 0 Å². The number of carboxylic acids is 1. The quantitative estimate of drug-likeness (QED) is 0.846. The highest BCUT2D eigenvalue weighted by molar-refractivity contribution is 7.14. The second-order valence-electron chi connectivity index (χ2n) is 2.63. The van der Waals surface area contributed by atoms with Gasteiger partial charge in [0.15, 0.2) is 5.69 Å². The highest BCUT2D eigenvalue weighted by atomic mass is 32.1. The first-order chi connectivity index (χ1) is 6.90. The van der Waals surface area contributed by atoms with Crippen LogP contribution in [0.4, 0.5) is 18.2 Å². The van der Waals surface area contributed by atoms with Crippen LogP contribution in [0.15, 0.2) is 5.51 Å². The molecule has 15 heavy (non-hydrogen) atoms. The van der Waals surface area contributed by atoms with Crippen molar-refractivity contribution in [2.75, 3.05) is 11.9 Å². The van der Waals surface area contributed by atoms with Gasteiger partial charge in [-0.2, -0.15) is 13.2 Å². The average molecular weight is 240 g/mol. The number of carboxylic acid groups (broad SMARTS) is 1. The normalized spacial score (nSPS) is 11.4. The first-order valence-corrected chi connectivity index (χ1v) is 4.75. The minimum Gasteiger partial charge on any atom is -0.476 e. The predicted molar refractivity (Wildman–Crippen MR) is 48.2 cm³/mol. The Bertz CT molecular complexity index is 350. The number of aromatic nitrogens is 1. The van der Waals surface area contributed by atoms with Crippen LogP contribution in [0.25, 0.3) is 0 Å². The van der Waals surface area contributed by atoms with Crippen LogP contribution in [-0.4, -0.2) is 28.8 Å². The number of nitrogens with one attached hydrogen (secondary N) is 1. The summed E-state index contributed by atoms with van der Waals surface area (Å²) < 4.78 is 35.3. The van der Waals surface area contributed by atoms with Gasteiger partial charge in [0, 0.05) is 6.54 Å². The van der Waals surface area contributed by atoms with E-state index >= 15 is 0 Å². The second kappa shape index (κ2) is 4.47. The second-order valence-corrected chi connectivity index (χ2v) is 3.48. The van der Waals surface area contributed by atoms with Gasteiger partial charge in [0.25, 0.3) is 0 Å². The third-order valence-electron chi connectivity index (χ3n) is 1.46. The molecule has 2 N–H and O–H groups in total. The molecule has 0 saturated carbocycles. The molecular weight excluding hydrogens is 233 g/mol. The van der Waals surface area contributed by atoms with E-state index in [1.807, 2.05) is 0 Å². The first kappa shape index (κ1) is 11.8. The molecular formula is C7H7F3N2O2S. The van der Waals surface area contributed by atoms with Crippen molar-refractivity contribution in [1.82, 2.24) is 4.98 Å². The number of nitrogens with zero attached hydrogens (tertiary/aromatic N) is 1. The fraction of sp³-hybridized carbons (Fsp3) is 0.429. The zero-order chi connectivity index (χ0) is 11.5. The number of hydrogen-bond donors (Lipinski definition) is 2. The Labute approximate surface area is 86.8 Å². The summed E-state index contributed by atoms with van der Waals surface area (Å²) in [7, 11) is 0. The largest absolute Gasteiger partial charge is 0.476 e.